The van der Waals surface area contributed by atoms with Gasteiger partial charge in [0.1, 0.15) is 0 Å². The molecule has 0 unspecified atom stereocenters. The van der Waals surface area contributed by atoms with Crippen LogP contribution in [-0.4, -0.2) is 9.13 Å². The molecule has 12 rings (SSSR count). The third-order valence-electron chi connectivity index (χ3n) is 13.7. The van der Waals surface area contributed by atoms with E-state index in [9.17, 15) is 0 Å². The monoisotopic (exact) mass is 859 g/mol. The molecule has 10 aromatic rings. The molecule has 3 heterocycles. The van der Waals surface area contributed by atoms with E-state index >= 15 is 0 Å². The van der Waals surface area contributed by atoms with Crippen molar-refractivity contribution < 1.29 is 0 Å². The van der Waals surface area contributed by atoms with Crippen molar-refractivity contribution in [2.24, 2.45) is 0 Å². The maximum absolute atomic E-state index is 4.70. The van der Waals surface area contributed by atoms with E-state index in [0.29, 0.717) is 0 Å². The van der Waals surface area contributed by atoms with Gasteiger partial charge in [-0.25, -0.2) is 0 Å². The summed E-state index contributed by atoms with van der Waals surface area (Å²) in [5, 5.41) is 4.97. The molecule has 3 heteroatoms. The van der Waals surface area contributed by atoms with Crippen LogP contribution >= 0.6 is 0 Å². The lowest BCUT2D eigenvalue weighted by atomic mass is 9.93. The van der Waals surface area contributed by atoms with Gasteiger partial charge in [0.15, 0.2) is 0 Å². The molecular weight excluding hydrogens is 811 g/mol. The number of rotatable bonds is 7. The maximum Gasteiger partial charge on any atom is 0.0541 e. The molecule has 3 nitrogen and oxygen atoms in total. The zero-order valence-electron chi connectivity index (χ0n) is 37.8. The van der Waals surface area contributed by atoms with Gasteiger partial charge in [-0.15, -0.1) is 0 Å². The van der Waals surface area contributed by atoms with Crippen molar-refractivity contribution in [2.75, 3.05) is 4.90 Å². The van der Waals surface area contributed by atoms with Crippen molar-refractivity contribution in [2.45, 2.75) is 26.7 Å². The van der Waals surface area contributed by atoms with Gasteiger partial charge in [-0.2, -0.15) is 0 Å². The number of anilines is 2. The third-order valence-corrected chi connectivity index (χ3v) is 13.7. The first-order valence-corrected chi connectivity index (χ1v) is 23.4. The first-order valence-electron chi connectivity index (χ1n) is 23.4. The first-order chi connectivity index (χ1) is 33.0. The van der Waals surface area contributed by atoms with E-state index in [1.165, 1.54) is 77.1 Å². The van der Waals surface area contributed by atoms with Crippen molar-refractivity contribution >= 4 is 77.9 Å². The average Bonchev–Trinajstić information content (AvgIpc) is 3.89. The molecule has 0 atom stereocenters. The second-order valence-electron chi connectivity index (χ2n) is 17.8. The quantitative estimate of drug-likeness (QED) is 0.156. The third kappa shape index (κ3) is 6.90. The topological polar surface area (TPSA) is 13.1 Å². The second kappa shape index (κ2) is 16.5. The lowest BCUT2D eigenvalue weighted by Crippen LogP contribution is -2.13. The number of hydrogen-bond acceptors (Lipinski definition) is 1. The zero-order chi connectivity index (χ0) is 45.0. The summed E-state index contributed by atoms with van der Waals surface area (Å²) in [5.41, 5.74) is 21.0. The molecule has 1 aliphatic carbocycles. The molecule has 0 bridgehead atoms. The minimum absolute atomic E-state index is 0.959. The van der Waals surface area contributed by atoms with Gasteiger partial charge < -0.3 is 14.0 Å². The van der Waals surface area contributed by atoms with Crippen molar-refractivity contribution in [1.29, 1.82) is 0 Å². The van der Waals surface area contributed by atoms with Crippen molar-refractivity contribution in [1.82, 2.24) is 9.13 Å². The molecule has 67 heavy (non-hydrogen) atoms. The van der Waals surface area contributed by atoms with Crippen LogP contribution in [0.1, 0.15) is 42.0 Å². The number of para-hydroxylation sites is 3. The minimum atomic E-state index is 0.959. The first kappa shape index (κ1) is 40.1. The normalized spacial score (nSPS) is 15.3. The van der Waals surface area contributed by atoms with Gasteiger partial charge in [0.05, 0.1) is 27.8 Å². The van der Waals surface area contributed by atoms with Gasteiger partial charge in [-0.1, -0.05) is 152 Å². The Labute approximate surface area is 392 Å². The fourth-order valence-electron chi connectivity index (χ4n) is 10.5. The van der Waals surface area contributed by atoms with E-state index in [1.54, 1.807) is 0 Å². The van der Waals surface area contributed by atoms with Gasteiger partial charge >= 0.3 is 0 Å². The van der Waals surface area contributed by atoms with E-state index in [-0.39, 0.29) is 0 Å². The number of fused-ring (bicyclic) bond motifs is 7. The fraction of sp³-hybridized carbons (Fsp3) is 0.0625. The highest BCUT2D eigenvalue weighted by molar-refractivity contribution is 6.12. The number of hydrogen-bond donors (Lipinski definition) is 0. The summed E-state index contributed by atoms with van der Waals surface area (Å²) in [4.78, 5) is 2.39. The Kier molecular flexibility index (Phi) is 9.91. The molecule has 320 valence electrons. The number of nitrogens with zero attached hydrogens (tertiary/aromatic N) is 3. The summed E-state index contributed by atoms with van der Waals surface area (Å²) in [6, 6.07) is 64.6. The smallest absolute Gasteiger partial charge is 0.0541 e. The molecule has 0 fully saturated rings. The highest BCUT2D eigenvalue weighted by Crippen LogP contribution is 2.43. The molecule has 8 aromatic carbocycles. The molecule has 0 radical (unpaired) electrons. The molecule has 0 N–H and O–H groups in total. The van der Waals surface area contributed by atoms with Crippen molar-refractivity contribution in [3.05, 3.63) is 247 Å². The van der Waals surface area contributed by atoms with E-state index in [4.69, 9.17) is 6.58 Å². The van der Waals surface area contributed by atoms with E-state index in [1.807, 2.05) is 0 Å². The van der Waals surface area contributed by atoms with E-state index < -0.39 is 0 Å². The molecule has 0 amide bonds. The summed E-state index contributed by atoms with van der Waals surface area (Å²) in [6.45, 7) is 9.01. The molecule has 0 spiro atoms. The molecule has 2 aromatic heterocycles. The highest BCUT2D eigenvalue weighted by Gasteiger charge is 2.22. The lowest BCUT2D eigenvalue weighted by Gasteiger charge is -2.28. The summed E-state index contributed by atoms with van der Waals surface area (Å²) >= 11 is 0. The summed E-state index contributed by atoms with van der Waals surface area (Å²) in [7, 11) is 0. The predicted octanol–water partition coefficient (Wildman–Crippen LogP) is 17.5. The van der Waals surface area contributed by atoms with Crippen LogP contribution in [0.15, 0.2) is 225 Å². The van der Waals surface area contributed by atoms with Crippen LogP contribution in [0, 0.1) is 6.92 Å². The number of aryl methyl sites for hydroxylation is 1. The maximum atomic E-state index is 4.70. The van der Waals surface area contributed by atoms with Gasteiger partial charge in [0.25, 0.3) is 0 Å². The van der Waals surface area contributed by atoms with Gasteiger partial charge in [0, 0.05) is 50.4 Å². The van der Waals surface area contributed by atoms with Crippen LogP contribution in [0.25, 0.3) is 94.5 Å². The standard InChI is InChI=1S/C64H49N3/c1-4-17-45-18-11-12-23-55(45)53-35-33-52(38-44(53)3)65-42-49(47-32-37-63-59(40-47)57-25-14-16-27-61(57)67(63)51-21-9-6-10-22-51)29-28-43(2)54-34-30-48(41-64(54)65)46-31-36-62-58(39-46)56-24-13-15-26-60(56)66(62)50-19-7-5-8-20-50/h4-7,9-19,21-42H,2,8,20H2,1,3H3/b17-4+,29-28-,49-42+. The Morgan fingerprint density at radius 2 is 1.16 bits per heavy atom. The molecule has 2 aliphatic rings. The Hall–Kier alpha value is -8.40. The lowest BCUT2D eigenvalue weighted by molar-refractivity contribution is 0.979. The van der Waals surface area contributed by atoms with E-state index in [2.05, 4.69) is 253 Å². The Balaban J connectivity index is 1.04. The van der Waals surface area contributed by atoms with Gasteiger partial charge in [-0.05, 0) is 150 Å². The molecular formula is C64H49N3. The van der Waals surface area contributed by atoms with Crippen molar-refractivity contribution in [3.8, 4) is 27.9 Å². The van der Waals surface area contributed by atoms with Crippen LogP contribution < -0.4 is 4.90 Å². The SMILES string of the molecule is C=C1/C=C\C(c2ccc3c(c2)c2ccccc2n3-c2ccccc2)=C/N(c2ccc(-c3ccccc3/C=C/C)c(C)c2)c2cc(-c3ccc4c(c3)c3ccccc3n4C3=CC=CCC3)ccc21. The Bertz CT molecular complexity index is 3790. The van der Waals surface area contributed by atoms with Gasteiger partial charge in [0.2, 0.25) is 0 Å². The van der Waals surface area contributed by atoms with Crippen LogP contribution in [0.3, 0.4) is 0 Å². The van der Waals surface area contributed by atoms with E-state index in [0.717, 1.165) is 57.7 Å². The summed E-state index contributed by atoms with van der Waals surface area (Å²) in [5.74, 6) is 0. The summed E-state index contributed by atoms with van der Waals surface area (Å²) < 4.78 is 4.84. The van der Waals surface area contributed by atoms with Crippen molar-refractivity contribution in [3.63, 3.8) is 0 Å². The number of aromatic nitrogens is 2. The second-order valence-corrected chi connectivity index (χ2v) is 17.8. The highest BCUT2D eigenvalue weighted by atomic mass is 15.1. The largest absolute Gasteiger partial charge is 0.316 e. The Morgan fingerprint density at radius 1 is 0.522 bits per heavy atom. The van der Waals surface area contributed by atoms with Crippen LogP contribution in [-0.2, 0) is 0 Å². The number of allylic oxidation sites excluding steroid dienone is 9. The zero-order valence-corrected chi connectivity index (χ0v) is 37.8. The van der Waals surface area contributed by atoms with Gasteiger partial charge in [-0.3, -0.25) is 0 Å². The van der Waals surface area contributed by atoms with Crippen LogP contribution in [0.4, 0.5) is 11.4 Å². The molecule has 0 saturated heterocycles. The Morgan fingerprint density at radius 3 is 1.93 bits per heavy atom. The summed E-state index contributed by atoms with van der Waals surface area (Å²) in [6.07, 6.45) is 19.9. The van der Waals surface area contributed by atoms with Crippen LogP contribution in [0.5, 0.6) is 0 Å². The molecule has 1 aliphatic heterocycles. The fourth-order valence-corrected chi connectivity index (χ4v) is 10.5. The molecule has 0 saturated carbocycles. The van der Waals surface area contributed by atoms with Crippen LogP contribution in [0.2, 0.25) is 0 Å². The predicted molar refractivity (Wildman–Crippen MR) is 288 cm³/mol. The average molecular weight is 860 g/mol. The number of benzene rings is 8. The minimum Gasteiger partial charge on any atom is -0.316 e.